The lowest BCUT2D eigenvalue weighted by Crippen LogP contribution is -2.44. The average molecular weight is 240 g/mol. The van der Waals surface area contributed by atoms with Gasteiger partial charge in [-0.1, -0.05) is 19.3 Å². The molecule has 1 heterocycles. The molecule has 0 aromatic rings. The van der Waals surface area contributed by atoms with Crippen molar-refractivity contribution in [3.8, 4) is 0 Å². The molecule has 17 heavy (non-hydrogen) atoms. The Labute approximate surface area is 103 Å². The van der Waals surface area contributed by atoms with Gasteiger partial charge >= 0.3 is 0 Å². The monoisotopic (exact) mass is 240 g/mol. The van der Waals surface area contributed by atoms with Crippen molar-refractivity contribution in [2.24, 2.45) is 17.7 Å². The predicted molar refractivity (Wildman–Crippen MR) is 66.0 cm³/mol. The molecule has 1 saturated carbocycles. The van der Waals surface area contributed by atoms with Crippen LogP contribution in [0.1, 0.15) is 44.9 Å². The number of nitrogens with zero attached hydrogens (tertiary/aromatic N) is 1. The van der Waals surface area contributed by atoms with Crippen molar-refractivity contribution < 1.29 is 9.63 Å². The molecule has 98 valence electrons. The van der Waals surface area contributed by atoms with Gasteiger partial charge in [0.15, 0.2) is 0 Å². The summed E-state index contributed by atoms with van der Waals surface area (Å²) in [5.74, 6) is 6.23. The third-order valence-electron chi connectivity index (χ3n) is 4.12. The van der Waals surface area contributed by atoms with E-state index in [-0.39, 0.29) is 0 Å². The van der Waals surface area contributed by atoms with Crippen LogP contribution in [-0.2, 0) is 9.63 Å². The fourth-order valence-corrected chi connectivity index (χ4v) is 3.15. The number of carbonyl (C=O) groups is 1. The van der Waals surface area contributed by atoms with E-state index in [1.807, 2.05) is 4.90 Å². The number of amides is 1. The molecular weight excluding hydrogens is 216 g/mol. The zero-order valence-electron chi connectivity index (χ0n) is 10.6. The van der Waals surface area contributed by atoms with Crippen LogP contribution in [-0.4, -0.2) is 30.5 Å². The normalized spacial score (nSPS) is 27.1. The molecule has 0 aromatic carbocycles. The minimum atomic E-state index is 0.293. The van der Waals surface area contributed by atoms with Crippen LogP contribution in [0, 0.1) is 11.8 Å². The Hall–Kier alpha value is -0.610. The van der Waals surface area contributed by atoms with E-state index in [1.165, 1.54) is 19.3 Å². The lowest BCUT2D eigenvalue weighted by atomic mass is 9.87. The molecule has 4 heteroatoms. The maximum Gasteiger partial charge on any atom is 0.225 e. The van der Waals surface area contributed by atoms with Crippen LogP contribution in [0.5, 0.6) is 0 Å². The minimum Gasteiger partial charge on any atom is -0.342 e. The molecule has 2 fully saturated rings. The predicted octanol–water partition coefficient (Wildman–Crippen LogP) is 1.70. The Bertz CT molecular complexity index is 250. The largest absolute Gasteiger partial charge is 0.342 e. The van der Waals surface area contributed by atoms with Crippen molar-refractivity contribution in [1.82, 2.24) is 4.90 Å². The van der Waals surface area contributed by atoms with Gasteiger partial charge in [0.05, 0.1) is 6.61 Å². The smallest absolute Gasteiger partial charge is 0.225 e. The quantitative estimate of drug-likeness (QED) is 0.764. The van der Waals surface area contributed by atoms with Crippen molar-refractivity contribution in [1.29, 1.82) is 0 Å². The second-order valence-electron chi connectivity index (χ2n) is 5.46. The zero-order chi connectivity index (χ0) is 12.1. The molecule has 2 rings (SSSR count). The van der Waals surface area contributed by atoms with Crippen molar-refractivity contribution in [3.63, 3.8) is 0 Å². The van der Waals surface area contributed by atoms with Gasteiger partial charge < -0.3 is 9.74 Å². The summed E-state index contributed by atoms with van der Waals surface area (Å²) in [5.41, 5.74) is 0. The van der Waals surface area contributed by atoms with E-state index >= 15 is 0 Å². The summed E-state index contributed by atoms with van der Waals surface area (Å²) in [7, 11) is 0. The third kappa shape index (κ3) is 3.42. The fraction of sp³-hybridized carbons (Fsp3) is 0.923. The van der Waals surface area contributed by atoms with Crippen molar-refractivity contribution >= 4 is 5.91 Å². The number of rotatable bonds is 3. The molecule has 2 aliphatic rings. The lowest BCUT2D eigenvalue weighted by molar-refractivity contribution is -0.138. The Balaban J connectivity index is 1.85. The minimum absolute atomic E-state index is 0.293. The van der Waals surface area contributed by atoms with E-state index in [0.29, 0.717) is 24.3 Å². The van der Waals surface area contributed by atoms with Crippen molar-refractivity contribution in [2.75, 3.05) is 19.7 Å². The van der Waals surface area contributed by atoms with E-state index in [9.17, 15) is 4.79 Å². The van der Waals surface area contributed by atoms with Gasteiger partial charge in [0, 0.05) is 24.9 Å². The van der Waals surface area contributed by atoms with Gasteiger partial charge in [-0.3, -0.25) is 4.79 Å². The first-order valence-corrected chi connectivity index (χ1v) is 6.91. The second kappa shape index (κ2) is 6.36. The Morgan fingerprint density at radius 3 is 2.65 bits per heavy atom. The SMILES string of the molecule is NOCC1CCCN(C(=O)C2CCCCC2)C1. The first-order valence-electron chi connectivity index (χ1n) is 6.91. The van der Waals surface area contributed by atoms with Crippen LogP contribution >= 0.6 is 0 Å². The number of piperidine rings is 1. The molecular formula is C13H24N2O2. The molecule has 1 atom stereocenters. The summed E-state index contributed by atoms with van der Waals surface area (Å²) in [4.78, 5) is 19.1. The molecule has 0 radical (unpaired) electrons. The van der Waals surface area contributed by atoms with Gasteiger partial charge in [0.25, 0.3) is 0 Å². The molecule has 2 N–H and O–H groups in total. The van der Waals surface area contributed by atoms with Gasteiger partial charge in [0.2, 0.25) is 5.91 Å². The number of hydrogen-bond acceptors (Lipinski definition) is 3. The summed E-state index contributed by atoms with van der Waals surface area (Å²) < 4.78 is 0. The van der Waals surface area contributed by atoms with Gasteiger partial charge in [0.1, 0.15) is 0 Å². The second-order valence-corrected chi connectivity index (χ2v) is 5.46. The van der Waals surface area contributed by atoms with Crippen LogP contribution in [0.4, 0.5) is 0 Å². The molecule has 0 aromatic heterocycles. The van der Waals surface area contributed by atoms with Gasteiger partial charge in [-0.05, 0) is 25.7 Å². The topological polar surface area (TPSA) is 55.6 Å². The Kier molecular flexibility index (Phi) is 4.80. The van der Waals surface area contributed by atoms with Crippen LogP contribution in [0.2, 0.25) is 0 Å². The number of likely N-dealkylation sites (tertiary alicyclic amines) is 1. The van der Waals surface area contributed by atoms with Gasteiger partial charge in [-0.25, -0.2) is 5.90 Å². The molecule has 0 spiro atoms. The van der Waals surface area contributed by atoms with Crippen molar-refractivity contribution in [2.45, 2.75) is 44.9 Å². The van der Waals surface area contributed by atoms with Gasteiger partial charge in [-0.2, -0.15) is 0 Å². The fourth-order valence-electron chi connectivity index (χ4n) is 3.15. The van der Waals surface area contributed by atoms with Crippen LogP contribution in [0.25, 0.3) is 0 Å². The average Bonchev–Trinajstić information content (AvgIpc) is 2.40. The molecule has 1 aliphatic carbocycles. The first-order chi connectivity index (χ1) is 8.31. The number of carbonyl (C=O) groups excluding carboxylic acids is 1. The van der Waals surface area contributed by atoms with E-state index in [2.05, 4.69) is 0 Å². The summed E-state index contributed by atoms with van der Waals surface area (Å²) in [6.45, 7) is 2.34. The molecule has 1 aliphatic heterocycles. The molecule has 0 bridgehead atoms. The summed E-state index contributed by atoms with van der Waals surface area (Å²) in [6.07, 6.45) is 8.14. The maximum absolute atomic E-state index is 12.4. The highest BCUT2D eigenvalue weighted by atomic mass is 16.6. The molecule has 1 unspecified atom stereocenters. The Morgan fingerprint density at radius 2 is 1.94 bits per heavy atom. The highest BCUT2D eigenvalue weighted by molar-refractivity contribution is 5.79. The first kappa shape index (κ1) is 12.8. The van der Waals surface area contributed by atoms with Crippen LogP contribution in [0.3, 0.4) is 0 Å². The standard InChI is InChI=1S/C13H24N2O2/c14-17-10-11-5-4-8-15(9-11)13(16)12-6-2-1-3-7-12/h11-12H,1-10,14H2. The van der Waals surface area contributed by atoms with Crippen molar-refractivity contribution in [3.05, 3.63) is 0 Å². The van der Waals surface area contributed by atoms with Gasteiger partial charge in [-0.15, -0.1) is 0 Å². The van der Waals surface area contributed by atoms with E-state index in [1.54, 1.807) is 0 Å². The summed E-state index contributed by atoms with van der Waals surface area (Å²) >= 11 is 0. The maximum atomic E-state index is 12.4. The van der Waals surface area contributed by atoms with Crippen LogP contribution in [0.15, 0.2) is 0 Å². The van der Waals surface area contributed by atoms with Crippen LogP contribution < -0.4 is 5.90 Å². The third-order valence-corrected chi connectivity index (χ3v) is 4.12. The lowest BCUT2D eigenvalue weighted by Gasteiger charge is -2.35. The number of hydrogen-bond donors (Lipinski definition) is 1. The molecule has 1 saturated heterocycles. The summed E-state index contributed by atoms with van der Waals surface area (Å²) in [6, 6.07) is 0. The summed E-state index contributed by atoms with van der Waals surface area (Å²) in [5, 5.41) is 0. The molecule has 4 nitrogen and oxygen atoms in total. The van der Waals surface area contributed by atoms with E-state index in [4.69, 9.17) is 10.7 Å². The van der Waals surface area contributed by atoms with E-state index in [0.717, 1.165) is 38.8 Å². The number of nitrogens with two attached hydrogens (primary N) is 1. The van der Waals surface area contributed by atoms with E-state index < -0.39 is 0 Å². The highest BCUT2D eigenvalue weighted by Gasteiger charge is 2.29. The Morgan fingerprint density at radius 1 is 1.18 bits per heavy atom. The highest BCUT2D eigenvalue weighted by Crippen LogP contribution is 2.27. The molecule has 1 amide bonds. The zero-order valence-corrected chi connectivity index (χ0v) is 10.6.